The van der Waals surface area contributed by atoms with Crippen molar-refractivity contribution in [1.29, 1.82) is 0 Å². The summed E-state index contributed by atoms with van der Waals surface area (Å²) in [5.74, 6) is -0.437. The molecule has 0 heterocycles. The lowest BCUT2D eigenvalue weighted by atomic mass is 9.97. The molecule has 0 spiro atoms. The van der Waals surface area contributed by atoms with Crippen LogP contribution in [0.2, 0.25) is 0 Å². The summed E-state index contributed by atoms with van der Waals surface area (Å²) in [7, 11) is -2.43. The highest BCUT2D eigenvalue weighted by Gasteiger charge is 2.28. The minimum Gasteiger partial charge on any atom is -0.494 e. The van der Waals surface area contributed by atoms with Gasteiger partial charge < -0.3 is 9.84 Å². The first-order valence-corrected chi connectivity index (χ1v) is 8.40. The zero-order valence-electron chi connectivity index (χ0n) is 11.9. The maximum absolute atomic E-state index is 13.6. The van der Waals surface area contributed by atoms with E-state index in [1.54, 1.807) is 0 Å². The van der Waals surface area contributed by atoms with E-state index in [9.17, 15) is 17.9 Å². The van der Waals surface area contributed by atoms with Crippen LogP contribution < -0.4 is 9.46 Å². The Kier molecular flexibility index (Phi) is 5.18. The van der Waals surface area contributed by atoms with E-state index in [2.05, 4.69) is 4.72 Å². The van der Waals surface area contributed by atoms with E-state index in [-0.39, 0.29) is 35.6 Å². The SMILES string of the molecule is COc1ccc(S(=O)(=O)NCC2CCCC2CO)cc1F. The van der Waals surface area contributed by atoms with E-state index in [4.69, 9.17) is 4.74 Å². The molecule has 118 valence electrons. The molecule has 7 heteroatoms. The van der Waals surface area contributed by atoms with Crippen LogP contribution in [-0.4, -0.2) is 33.8 Å². The van der Waals surface area contributed by atoms with Crippen molar-refractivity contribution in [3.63, 3.8) is 0 Å². The number of benzene rings is 1. The highest BCUT2D eigenvalue weighted by Crippen LogP contribution is 2.31. The second kappa shape index (κ2) is 6.72. The Morgan fingerprint density at radius 2 is 2.10 bits per heavy atom. The van der Waals surface area contributed by atoms with Crippen molar-refractivity contribution >= 4 is 10.0 Å². The molecule has 1 fully saturated rings. The van der Waals surface area contributed by atoms with Crippen molar-refractivity contribution in [3.8, 4) is 5.75 Å². The molecule has 1 aromatic rings. The second-order valence-corrected chi connectivity index (χ2v) is 7.05. The van der Waals surface area contributed by atoms with Gasteiger partial charge in [-0.3, -0.25) is 0 Å². The van der Waals surface area contributed by atoms with Gasteiger partial charge in [-0.15, -0.1) is 0 Å². The topological polar surface area (TPSA) is 75.6 Å². The number of aliphatic hydroxyl groups is 1. The number of aliphatic hydroxyl groups excluding tert-OH is 1. The van der Waals surface area contributed by atoms with E-state index >= 15 is 0 Å². The molecule has 21 heavy (non-hydrogen) atoms. The molecule has 1 aromatic carbocycles. The minimum atomic E-state index is -3.75. The van der Waals surface area contributed by atoms with Crippen molar-refractivity contribution in [2.24, 2.45) is 11.8 Å². The maximum atomic E-state index is 13.6. The molecular weight excluding hydrogens is 297 g/mol. The first-order valence-electron chi connectivity index (χ1n) is 6.92. The van der Waals surface area contributed by atoms with E-state index in [1.807, 2.05) is 0 Å². The molecule has 1 saturated carbocycles. The summed E-state index contributed by atoms with van der Waals surface area (Å²) < 4.78 is 45.2. The lowest BCUT2D eigenvalue weighted by Gasteiger charge is -2.18. The molecule has 2 rings (SSSR count). The summed E-state index contributed by atoms with van der Waals surface area (Å²) in [6.45, 7) is 0.338. The average Bonchev–Trinajstić information content (AvgIpc) is 2.92. The van der Waals surface area contributed by atoms with E-state index in [1.165, 1.54) is 19.2 Å². The van der Waals surface area contributed by atoms with Crippen LogP contribution >= 0.6 is 0 Å². The Morgan fingerprint density at radius 3 is 2.71 bits per heavy atom. The molecule has 0 aliphatic heterocycles. The molecule has 0 amide bonds. The van der Waals surface area contributed by atoms with Crippen LogP contribution in [0, 0.1) is 17.7 Å². The van der Waals surface area contributed by atoms with Gasteiger partial charge in [-0.05, 0) is 42.9 Å². The summed E-state index contributed by atoms with van der Waals surface area (Å²) in [4.78, 5) is -0.126. The molecule has 2 N–H and O–H groups in total. The Hall–Kier alpha value is -1.18. The highest BCUT2D eigenvalue weighted by molar-refractivity contribution is 7.89. The zero-order chi connectivity index (χ0) is 15.5. The number of methoxy groups -OCH3 is 1. The molecular formula is C14H20FNO4S. The number of rotatable bonds is 6. The first-order chi connectivity index (χ1) is 9.97. The number of ether oxygens (including phenoxy) is 1. The highest BCUT2D eigenvalue weighted by atomic mass is 32.2. The van der Waals surface area contributed by atoms with Gasteiger partial charge in [-0.2, -0.15) is 0 Å². The number of halogens is 1. The molecule has 2 unspecified atom stereocenters. The monoisotopic (exact) mass is 317 g/mol. The third-order valence-corrected chi connectivity index (χ3v) is 5.44. The van der Waals surface area contributed by atoms with Gasteiger partial charge in [-0.1, -0.05) is 6.42 Å². The Balaban J connectivity index is 2.06. The molecule has 0 saturated heterocycles. The number of hydrogen-bond acceptors (Lipinski definition) is 4. The zero-order valence-corrected chi connectivity index (χ0v) is 12.7. The largest absolute Gasteiger partial charge is 0.494 e. The van der Waals surface area contributed by atoms with Crippen LogP contribution in [-0.2, 0) is 10.0 Å². The van der Waals surface area contributed by atoms with Crippen molar-refractivity contribution in [1.82, 2.24) is 4.72 Å². The van der Waals surface area contributed by atoms with Crippen molar-refractivity contribution in [2.75, 3.05) is 20.3 Å². The number of hydrogen-bond donors (Lipinski definition) is 2. The molecule has 5 nitrogen and oxygen atoms in total. The molecule has 1 aliphatic carbocycles. The summed E-state index contributed by atoms with van der Waals surface area (Å²) in [5.41, 5.74) is 0. The van der Waals surface area contributed by atoms with Crippen molar-refractivity contribution < 1.29 is 22.7 Å². The standard InChI is InChI=1S/C14H20FNO4S/c1-20-14-6-5-12(7-13(14)15)21(18,19)16-8-10-3-2-4-11(10)9-17/h5-7,10-11,16-17H,2-4,8-9H2,1H3. The number of nitrogens with one attached hydrogen (secondary N) is 1. The quantitative estimate of drug-likeness (QED) is 0.834. The van der Waals surface area contributed by atoms with Gasteiger partial charge in [0.05, 0.1) is 12.0 Å². The van der Waals surface area contributed by atoms with Gasteiger partial charge in [0.2, 0.25) is 10.0 Å². The van der Waals surface area contributed by atoms with Crippen LogP contribution in [0.25, 0.3) is 0 Å². The average molecular weight is 317 g/mol. The van der Waals surface area contributed by atoms with E-state index in [0.29, 0.717) is 0 Å². The lowest BCUT2D eigenvalue weighted by molar-refractivity contribution is 0.195. The van der Waals surface area contributed by atoms with Crippen LogP contribution in [0.4, 0.5) is 4.39 Å². The Bertz CT molecular complexity index is 591. The van der Waals surface area contributed by atoms with Gasteiger partial charge in [-0.25, -0.2) is 17.5 Å². The predicted octanol–water partition coefficient (Wildman–Crippen LogP) is 1.52. The first kappa shape index (κ1) is 16.2. The second-order valence-electron chi connectivity index (χ2n) is 5.28. The molecule has 1 aliphatic rings. The normalized spacial score (nSPS) is 22.4. The van der Waals surface area contributed by atoms with Gasteiger partial charge in [0.15, 0.2) is 11.6 Å². The third-order valence-electron chi connectivity index (χ3n) is 4.02. The maximum Gasteiger partial charge on any atom is 0.240 e. The minimum absolute atomic E-state index is 0.00471. The fourth-order valence-electron chi connectivity index (χ4n) is 2.74. The van der Waals surface area contributed by atoms with Crippen molar-refractivity contribution in [2.45, 2.75) is 24.2 Å². The summed E-state index contributed by atoms with van der Waals surface area (Å²) in [6, 6.07) is 3.54. The van der Waals surface area contributed by atoms with Crippen LogP contribution in [0.15, 0.2) is 23.1 Å². The number of sulfonamides is 1. The Labute approximate surface area is 124 Å². The van der Waals surface area contributed by atoms with Gasteiger partial charge in [0.1, 0.15) is 0 Å². The van der Waals surface area contributed by atoms with Crippen LogP contribution in [0.5, 0.6) is 5.75 Å². The van der Waals surface area contributed by atoms with E-state index in [0.717, 1.165) is 25.3 Å². The third kappa shape index (κ3) is 3.72. The molecule has 0 bridgehead atoms. The van der Waals surface area contributed by atoms with Crippen LogP contribution in [0.1, 0.15) is 19.3 Å². The van der Waals surface area contributed by atoms with Gasteiger partial charge >= 0.3 is 0 Å². The summed E-state index contributed by atoms with van der Waals surface area (Å²) in [6.07, 6.45) is 2.81. The Morgan fingerprint density at radius 1 is 1.38 bits per heavy atom. The van der Waals surface area contributed by atoms with Gasteiger partial charge in [0.25, 0.3) is 0 Å². The fraction of sp³-hybridized carbons (Fsp3) is 0.571. The summed E-state index contributed by atoms with van der Waals surface area (Å²) in [5, 5.41) is 9.24. The van der Waals surface area contributed by atoms with E-state index < -0.39 is 15.8 Å². The molecule has 0 radical (unpaired) electrons. The lowest BCUT2D eigenvalue weighted by Crippen LogP contribution is -2.31. The van der Waals surface area contributed by atoms with Crippen LogP contribution in [0.3, 0.4) is 0 Å². The smallest absolute Gasteiger partial charge is 0.240 e. The summed E-state index contributed by atoms with van der Waals surface area (Å²) >= 11 is 0. The predicted molar refractivity (Wildman–Crippen MR) is 76.1 cm³/mol. The molecule has 0 aromatic heterocycles. The van der Waals surface area contributed by atoms with Gasteiger partial charge in [0, 0.05) is 13.2 Å². The van der Waals surface area contributed by atoms with Crippen molar-refractivity contribution in [3.05, 3.63) is 24.0 Å². The fourth-order valence-corrected chi connectivity index (χ4v) is 3.84. The molecule has 2 atom stereocenters.